The number of hydrogen-bond donors (Lipinski definition) is 4. The fraction of sp³-hybridized carbons (Fsp3) is 0.367. The molecule has 0 radical (unpaired) electrons. The fourth-order valence-electron chi connectivity index (χ4n) is 3.98. The number of halogens is 3. The summed E-state index contributed by atoms with van der Waals surface area (Å²) in [6.45, 7) is 8.72. The average molecular weight is 545 g/mol. The number of nitrogen functional groups attached to an aromatic ring is 1. The Balaban J connectivity index is 0.000000446. The molecule has 0 bridgehead atoms. The minimum atomic E-state index is -4.65. The highest BCUT2D eigenvalue weighted by molar-refractivity contribution is 5.80. The number of carbonyl (C=O) groups is 1. The lowest BCUT2D eigenvalue weighted by Gasteiger charge is -2.22. The normalized spacial score (nSPS) is 11.0. The molecule has 6 nitrogen and oxygen atoms in total. The second-order valence-electron chi connectivity index (χ2n) is 9.55. The zero-order valence-electron chi connectivity index (χ0n) is 23.2. The average Bonchev–Trinajstić information content (AvgIpc) is 2.86. The first-order valence-electron chi connectivity index (χ1n) is 12.9. The van der Waals surface area contributed by atoms with Gasteiger partial charge in [0, 0.05) is 18.8 Å². The number of amides is 1. The summed E-state index contributed by atoms with van der Waals surface area (Å²) in [5.74, 6) is 0.347. The van der Waals surface area contributed by atoms with Crippen molar-refractivity contribution in [3.63, 3.8) is 0 Å². The van der Waals surface area contributed by atoms with E-state index in [0.717, 1.165) is 0 Å². The van der Waals surface area contributed by atoms with Crippen molar-refractivity contribution in [3.8, 4) is 5.75 Å². The van der Waals surface area contributed by atoms with Crippen LogP contribution in [0.25, 0.3) is 0 Å². The number of primary amides is 1. The van der Waals surface area contributed by atoms with E-state index in [9.17, 15) is 18.0 Å². The van der Waals surface area contributed by atoms with Crippen molar-refractivity contribution in [2.45, 2.75) is 59.2 Å². The van der Waals surface area contributed by atoms with Crippen molar-refractivity contribution in [2.24, 2.45) is 5.73 Å². The van der Waals surface area contributed by atoms with Gasteiger partial charge < -0.3 is 26.8 Å². The number of carbonyl (C=O) groups excluding carboxylic acids is 1. The molecule has 3 rings (SSSR count). The summed E-state index contributed by atoms with van der Waals surface area (Å²) in [5.41, 5.74) is 13.7. The number of nitrogens with two attached hydrogens (primary N) is 2. The number of benzene rings is 3. The van der Waals surface area contributed by atoms with Crippen molar-refractivity contribution >= 4 is 23.0 Å². The predicted molar refractivity (Wildman–Crippen MR) is 153 cm³/mol. The maximum atomic E-state index is 13.8. The summed E-state index contributed by atoms with van der Waals surface area (Å²) in [5, 5.41) is 5.85. The van der Waals surface area contributed by atoms with Gasteiger partial charge in [-0.3, -0.25) is 4.79 Å². The topological polar surface area (TPSA) is 102 Å². The number of hydrogen-bond acceptors (Lipinski definition) is 5. The minimum absolute atomic E-state index is 0.0271. The van der Waals surface area contributed by atoms with E-state index in [4.69, 9.17) is 16.2 Å². The molecule has 0 aliphatic heterocycles. The summed E-state index contributed by atoms with van der Waals surface area (Å²) in [6, 6.07) is 16.8. The lowest BCUT2D eigenvalue weighted by Crippen LogP contribution is -2.18. The standard InChI is InChI=1S/C20H25F3N4O2.C10H14/c1-3-8-26-19-15(29-2)9-13(17(18(19)25)20(21,22)23)11-27-14-7-5-4-6-12(14)10-16(24)28;1-8(2)10-6-4-9(3)5-7-10/h4-7,9,26-27H,3,8,10-11,25H2,1-2H3,(H2,24,28);4-8H,1-3H3. The van der Waals surface area contributed by atoms with Gasteiger partial charge in [-0.2, -0.15) is 13.2 Å². The van der Waals surface area contributed by atoms with Crippen molar-refractivity contribution in [1.82, 2.24) is 0 Å². The van der Waals surface area contributed by atoms with Crippen LogP contribution >= 0.6 is 0 Å². The monoisotopic (exact) mass is 544 g/mol. The first-order valence-corrected chi connectivity index (χ1v) is 12.9. The number of methoxy groups -OCH3 is 1. The molecule has 0 aliphatic carbocycles. The Morgan fingerprint density at radius 3 is 2.21 bits per heavy atom. The molecule has 0 saturated heterocycles. The van der Waals surface area contributed by atoms with Gasteiger partial charge in [-0.15, -0.1) is 0 Å². The van der Waals surface area contributed by atoms with Crippen LogP contribution in [0.3, 0.4) is 0 Å². The smallest absolute Gasteiger partial charge is 0.418 e. The number of ether oxygens (including phenoxy) is 1. The van der Waals surface area contributed by atoms with Gasteiger partial charge in [0.25, 0.3) is 0 Å². The maximum Gasteiger partial charge on any atom is 0.418 e. The van der Waals surface area contributed by atoms with E-state index in [1.54, 1.807) is 24.3 Å². The van der Waals surface area contributed by atoms with E-state index in [2.05, 4.69) is 55.7 Å². The largest absolute Gasteiger partial charge is 0.494 e. The Morgan fingerprint density at radius 1 is 1.03 bits per heavy atom. The van der Waals surface area contributed by atoms with Crippen LogP contribution in [-0.2, 0) is 23.9 Å². The van der Waals surface area contributed by atoms with Gasteiger partial charge in [0.2, 0.25) is 5.91 Å². The highest BCUT2D eigenvalue weighted by Gasteiger charge is 2.37. The molecular formula is C30H39F3N4O2. The molecule has 0 heterocycles. The van der Waals surface area contributed by atoms with Gasteiger partial charge in [-0.05, 0) is 48.1 Å². The molecular weight excluding hydrogens is 505 g/mol. The van der Waals surface area contributed by atoms with E-state index in [1.165, 1.54) is 24.3 Å². The lowest BCUT2D eigenvalue weighted by molar-refractivity contribution is -0.137. The van der Waals surface area contributed by atoms with Crippen molar-refractivity contribution in [3.05, 3.63) is 82.4 Å². The molecule has 9 heteroatoms. The summed E-state index contributed by atoms with van der Waals surface area (Å²) in [6.07, 6.45) is -3.96. The summed E-state index contributed by atoms with van der Waals surface area (Å²) >= 11 is 0. The molecule has 0 spiro atoms. The lowest BCUT2D eigenvalue weighted by atomic mass is 10.0. The Labute approximate surface area is 228 Å². The van der Waals surface area contributed by atoms with Gasteiger partial charge in [0.15, 0.2) is 0 Å². The SMILES string of the molecule is CCCNc1c(OC)cc(CNc2ccccc2CC(N)=O)c(C(F)(F)F)c1N.Cc1ccc(C(C)C)cc1. The Bertz CT molecular complexity index is 1230. The first kappa shape index (κ1) is 31.3. The number of anilines is 3. The van der Waals surface area contributed by atoms with E-state index < -0.39 is 23.3 Å². The molecule has 0 aliphatic rings. The second-order valence-corrected chi connectivity index (χ2v) is 9.55. The summed E-state index contributed by atoms with van der Waals surface area (Å²) in [4.78, 5) is 11.2. The van der Waals surface area contributed by atoms with Crippen LogP contribution in [0.1, 0.15) is 60.9 Å². The molecule has 0 saturated carbocycles. The predicted octanol–water partition coefficient (Wildman–Crippen LogP) is 6.88. The number of nitrogens with one attached hydrogen (secondary N) is 2. The third kappa shape index (κ3) is 9.12. The van der Waals surface area contributed by atoms with Gasteiger partial charge in [-0.1, -0.05) is 68.8 Å². The molecule has 1 amide bonds. The van der Waals surface area contributed by atoms with Crippen molar-refractivity contribution in [2.75, 3.05) is 30.0 Å². The third-order valence-electron chi connectivity index (χ3n) is 6.06. The number of para-hydroxylation sites is 1. The third-order valence-corrected chi connectivity index (χ3v) is 6.06. The molecule has 3 aromatic rings. The van der Waals surface area contributed by atoms with Crippen LogP contribution in [0.4, 0.5) is 30.2 Å². The van der Waals surface area contributed by atoms with Gasteiger partial charge in [0.05, 0.1) is 24.8 Å². The summed E-state index contributed by atoms with van der Waals surface area (Å²) < 4.78 is 46.6. The maximum absolute atomic E-state index is 13.8. The van der Waals surface area contributed by atoms with E-state index >= 15 is 0 Å². The van der Waals surface area contributed by atoms with Crippen LogP contribution in [0.5, 0.6) is 5.75 Å². The van der Waals surface area contributed by atoms with E-state index in [0.29, 0.717) is 30.1 Å². The zero-order valence-corrected chi connectivity index (χ0v) is 23.2. The number of alkyl halides is 3. The Morgan fingerprint density at radius 2 is 1.67 bits per heavy atom. The van der Waals surface area contributed by atoms with Crippen LogP contribution in [0.15, 0.2) is 54.6 Å². The molecule has 6 N–H and O–H groups in total. The highest BCUT2D eigenvalue weighted by atomic mass is 19.4. The fourth-order valence-corrected chi connectivity index (χ4v) is 3.98. The minimum Gasteiger partial charge on any atom is -0.494 e. The van der Waals surface area contributed by atoms with Gasteiger partial charge >= 0.3 is 6.18 Å². The molecule has 0 unspecified atom stereocenters. The van der Waals surface area contributed by atoms with Gasteiger partial charge in [-0.25, -0.2) is 0 Å². The Hall–Kier alpha value is -3.88. The zero-order chi connectivity index (χ0) is 29.2. The van der Waals surface area contributed by atoms with Crippen molar-refractivity contribution < 1.29 is 22.7 Å². The first-order chi connectivity index (χ1) is 18.4. The highest BCUT2D eigenvalue weighted by Crippen LogP contribution is 2.44. The van der Waals surface area contributed by atoms with Crippen LogP contribution < -0.4 is 26.8 Å². The second kappa shape index (κ2) is 14.3. The Kier molecular flexibility index (Phi) is 11.5. The quantitative estimate of drug-likeness (QED) is 0.209. The molecule has 212 valence electrons. The van der Waals surface area contributed by atoms with Crippen LogP contribution in [0.2, 0.25) is 0 Å². The molecule has 0 fully saturated rings. The van der Waals surface area contributed by atoms with Crippen LogP contribution in [0, 0.1) is 6.92 Å². The van der Waals surface area contributed by atoms with Gasteiger partial charge in [0.1, 0.15) is 11.4 Å². The molecule has 0 atom stereocenters. The van der Waals surface area contributed by atoms with Crippen molar-refractivity contribution in [1.29, 1.82) is 0 Å². The summed E-state index contributed by atoms with van der Waals surface area (Å²) in [7, 11) is 1.37. The molecule has 0 aromatic heterocycles. The van der Waals surface area contributed by atoms with Crippen LogP contribution in [-0.4, -0.2) is 19.6 Å². The number of aryl methyl sites for hydroxylation is 1. The van der Waals surface area contributed by atoms with E-state index in [-0.39, 0.29) is 30.0 Å². The molecule has 3 aromatic carbocycles. The number of rotatable bonds is 10. The molecule has 39 heavy (non-hydrogen) atoms. The van der Waals surface area contributed by atoms with E-state index in [1.807, 2.05) is 6.92 Å².